The van der Waals surface area contributed by atoms with Crippen LogP contribution in [0.25, 0.3) is 16.9 Å². The third-order valence-corrected chi connectivity index (χ3v) is 4.67. The number of nitrogens with zero attached hydrogens (tertiary/aromatic N) is 2. The number of hydrogen-bond acceptors (Lipinski definition) is 5. The maximum absolute atomic E-state index is 11.4. The molecule has 0 fully saturated rings. The lowest BCUT2D eigenvalue weighted by Crippen LogP contribution is -2.20. The molecule has 0 radical (unpaired) electrons. The van der Waals surface area contributed by atoms with Crippen molar-refractivity contribution in [1.82, 2.24) is 15.3 Å². The SMILES string of the molecule is COc1ccc(-n2nc(C(C)CC(=O)NO)cc2-c2ccsc2)cc1. The molecule has 0 saturated carbocycles. The molecule has 130 valence electrons. The average molecular weight is 357 g/mol. The number of ether oxygens (including phenoxy) is 1. The zero-order valence-electron chi connectivity index (χ0n) is 14.0. The van der Waals surface area contributed by atoms with E-state index in [1.165, 1.54) is 0 Å². The molecule has 2 N–H and O–H groups in total. The summed E-state index contributed by atoms with van der Waals surface area (Å²) in [5.41, 5.74) is 5.40. The zero-order valence-corrected chi connectivity index (χ0v) is 14.8. The van der Waals surface area contributed by atoms with Crippen LogP contribution in [0.3, 0.4) is 0 Å². The number of amides is 1. The van der Waals surface area contributed by atoms with E-state index in [1.54, 1.807) is 23.9 Å². The molecule has 0 aliphatic carbocycles. The summed E-state index contributed by atoms with van der Waals surface area (Å²) in [5.74, 6) is 0.230. The first kappa shape index (κ1) is 17.2. The Labute approximate surface area is 149 Å². The van der Waals surface area contributed by atoms with Crippen molar-refractivity contribution in [2.45, 2.75) is 19.3 Å². The molecule has 7 heteroatoms. The molecule has 0 spiro atoms. The summed E-state index contributed by atoms with van der Waals surface area (Å²) in [6.07, 6.45) is 0.166. The summed E-state index contributed by atoms with van der Waals surface area (Å²) < 4.78 is 7.08. The van der Waals surface area contributed by atoms with E-state index in [2.05, 4.69) is 5.38 Å². The van der Waals surface area contributed by atoms with E-state index in [4.69, 9.17) is 15.0 Å². The predicted molar refractivity (Wildman–Crippen MR) is 96.4 cm³/mol. The number of aromatic nitrogens is 2. The maximum Gasteiger partial charge on any atom is 0.243 e. The van der Waals surface area contributed by atoms with Crippen LogP contribution in [0.1, 0.15) is 25.0 Å². The number of carbonyl (C=O) groups is 1. The molecule has 1 amide bonds. The lowest BCUT2D eigenvalue weighted by atomic mass is 10.0. The molecule has 0 saturated heterocycles. The van der Waals surface area contributed by atoms with E-state index in [0.29, 0.717) is 0 Å². The van der Waals surface area contributed by atoms with Crippen LogP contribution >= 0.6 is 11.3 Å². The standard InChI is InChI=1S/C18H19N3O3S/c1-12(9-18(22)20-23)16-10-17(13-7-8-25-11-13)21(19-16)14-3-5-15(24-2)6-4-14/h3-8,10-12,23H,9H2,1-2H3,(H,20,22). The Balaban J connectivity index is 2.01. The second-order valence-electron chi connectivity index (χ2n) is 5.72. The Morgan fingerprint density at radius 1 is 1.36 bits per heavy atom. The summed E-state index contributed by atoms with van der Waals surface area (Å²) in [6, 6.07) is 11.7. The first-order valence-electron chi connectivity index (χ1n) is 7.82. The van der Waals surface area contributed by atoms with Crippen LogP contribution in [-0.2, 0) is 4.79 Å². The van der Waals surface area contributed by atoms with E-state index in [1.807, 2.05) is 53.4 Å². The average Bonchev–Trinajstić information content (AvgIpc) is 3.31. The van der Waals surface area contributed by atoms with Crippen molar-refractivity contribution < 1.29 is 14.7 Å². The summed E-state index contributed by atoms with van der Waals surface area (Å²) in [5, 5.41) is 17.5. The van der Waals surface area contributed by atoms with Crippen molar-refractivity contribution in [3.05, 3.63) is 52.9 Å². The molecular weight excluding hydrogens is 338 g/mol. The minimum atomic E-state index is -0.427. The van der Waals surface area contributed by atoms with Crippen LogP contribution < -0.4 is 10.2 Å². The van der Waals surface area contributed by atoms with E-state index in [0.717, 1.165) is 28.4 Å². The van der Waals surface area contributed by atoms with Crippen molar-refractivity contribution in [2.24, 2.45) is 0 Å². The van der Waals surface area contributed by atoms with Gasteiger partial charge in [-0.3, -0.25) is 10.0 Å². The summed E-state index contributed by atoms with van der Waals surface area (Å²) in [4.78, 5) is 11.4. The monoisotopic (exact) mass is 357 g/mol. The number of carbonyl (C=O) groups excluding carboxylic acids is 1. The van der Waals surface area contributed by atoms with Crippen molar-refractivity contribution in [2.75, 3.05) is 7.11 Å². The topological polar surface area (TPSA) is 76.4 Å². The number of nitrogens with one attached hydrogen (secondary N) is 1. The molecule has 2 heterocycles. The molecule has 3 aromatic rings. The van der Waals surface area contributed by atoms with Crippen LogP contribution in [0.5, 0.6) is 5.75 Å². The van der Waals surface area contributed by atoms with Crippen LogP contribution in [0.15, 0.2) is 47.2 Å². The molecule has 0 bridgehead atoms. The number of hydroxylamine groups is 1. The Morgan fingerprint density at radius 3 is 2.72 bits per heavy atom. The fourth-order valence-corrected chi connectivity index (χ4v) is 3.25. The van der Waals surface area contributed by atoms with Gasteiger partial charge in [-0.2, -0.15) is 16.4 Å². The van der Waals surface area contributed by atoms with Crippen molar-refractivity contribution in [3.63, 3.8) is 0 Å². The minimum absolute atomic E-state index is 0.121. The molecule has 25 heavy (non-hydrogen) atoms. The van der Waals surface area contributed by atoms with E-state index >= 15 is 0 Å². The Bertz CT molecular complexity index is 841. The van der Waals surface area contributed by atoms with Gasteiger partial charge in [0.05, 0.1) is 24.2 Å². The van der Waals surface area contributed by atoms with Crippen LogP contribution in [0.2, 0.25) is 0 Å². The van der Waals surface area contributed by atoms with Gasteiger partial charge in [0.15, 0.2) is 0 Å². The molecule has 0 aliphatic rings. The van der Waals surface area contributed by atoms with Crippen molar-refractivity contribution >= 4 is 17.2 Å². The zero-order chi connectivity index (χ0) is 17.8. The van der Waals surface area contributed by atoms with Gasteiger partial charge in [-0.25, -0.2) is 10.2 Å². The van der Waals surface area contributed by atoms with E-state index in [-0.39, 0.29) is 12.3 Å². The molecule has 1 aromatic carbocycles. The van der Waals surface area contributed by atoms with Gasteiger partial charge >= 0.3 is 0 Å². The number of hydrogen-bond donors (Lipinski definition) is 2. The maximum atomic E-state index is 11.4. The number of methoxy groups -OCH3 is 1. The largest absolute Gasteiger partial charge is 0.497 e. The van der Waals surface area contributed by atoms with Gasteiger partial charge in [-0.1, -0.05) is 6.92 Å². The number of thiophene rings is 1. The normalized spacial score (nSPS) is 12.0. The summed E-state index contributed by atoms with van der Waals surface area (Å²) in [6.45, 7) is 1.91. The molecule has 2 aromatic heterocycles. The van der Waals surface area contributed by atoms with Gasteiger partial charge < -0.3 is 4.74 Å². The first-order valence-corrected chi connectivity index (χ1v) is 8.76. The van der Waals surface area contributed by atoms with Crippen LogP contribution in [0, 0.1) is 0 Å². The molecular formula is C18H19N3O3S. The lowest BCUT2D eigenvalue weighted by molar-refractivity contribution is -0.129. The third-order valence-electron chi connectivity index (χ3n) is 3.98. The highest BCUT2D eigenvalue weighted by molar-refractivity contribution is 7.08. The van der Waals surface area contributed by atoms with E-state index in [9.17, 15) is 4.79 Å². The smallest absolute Gasteiger partial charge is 0.243 e. The van der Waals surface area contributed by atoms with Gasteiger partial charge in [0.1, 0.15) is 5.75 Å². The molecule has 0 aliphatic heterocycles. The van der Waals surface area contributed by atoms with Gasteiger partial charge in [-0.15, -0.1) is 0 Å². The summed E-state index contributed by atoms with van der Waals surface area (Å²) in [7, 11) is 1.63. The van der Waals surface area contributed by atoms with E-state index < -0.39 is 5.91 Å². The summed E-state index contributed by atoms with van der Waals surface area (Å²) >= 11 is 1.62. The second kappa shape index (κ2) is 7.50. The van der Waals surface area contributed by atoms with Crippen molar-refractivity contribution in [1.29, 1.82) is 0 Å². The van der Waals surface area contributed by atoms with Crippen molar-refractivity contribution in [3.8, 4) is 22.7 Å². The number of rotatable bonds is 6. The van der Waals surface area contributed by atoms with Crippen LogP contribution in [-0.4, -0.2) is 28.0 Å². The Hall–Kier alpha value is -2.64. The molecule has 6 nitrogen and oxygen atoms in total. The van der Waals surface area contributed by atoms with Crippen LogP contribution in [0.4, 0.5) is 0 Å². The minimum Gasteiger partial charge on any atom is -0.497 e. The highest BCUT2D eigenvalue weighted by Gasteiger charge is 2.18. The highest BCUT2D eigenvalue weighted by atomic mass is 32.1. The Morgan fingerprint density at radius 2 is 2.12 bits per heavy atom. The van der Waals surface area contributed by atoms with Gasteiger partial charge in [0, 0.05) is 23.3 Å². The quantitative estimate of drug-likeness (QED) is 0.522. The highest BCUT2D eigenvalue weighted by Crippen LogP contribution is 2.30. The third kappa shape index (κ3) is 3.72. The fraction of sp³-hybridized carbons (Fsp3) is 0.222. The Kier molecular flexibility index (Phi) is 5.16. The lowest BCUT2D eigenvalue weighted by Gasteiger charge is -2.08. The van der Waals surface area contributed by atoms with Gasteiger partial charge in [0.25, 0.3) is 0 Å². The number of benzene rings is 1. The van der Waals surface area contributed by atoms with Gasteiger partial charge in [0.2, 0.25) is 5.91 Å². The van der Waals surface area contributed by atoms with Gasteiger partial charge in [-0.05, 0) is 41.8 Å². The fourth-order valence-electron chi connectivity index (χ4n) is 2.60. The molecule has 1 unspecified atom stereocenters. The predicted octanol–water partition coefficient (Wildman–Crippen LogP) is 3.61. The molecule has 1 atom stereocenters. The molecule has 3 rings (SSSR count). The second-order valence-corrected chi connectivity index (χ2v) is 6.50. The first-order chi connectivity index (χ1) is 12.1.